The van der Waals surface area contributed by atoms with Crippen molar-refractivity contribution in [3.8, 4) is 0 Å². The first-order valence-corrected chi connectivity index (χ1v) is 8.34. The SMILES string of the molecule is CCCCCC(C)(C)CNS(=O)(=O)c1ccc(C=O)o1. The number of rotatable bonds is 9. The zero-order chi connectivity index (χ0) is 15.2. The number of unbranched alkanes of at least 4 members (excludes halogenated alkanes) is 2. The lowest BCUT2D eigenvalue weighted by Crippen LogP contribution is -2.33. The summed E-state index contributed by atoms with van der Waals surface area (Å²) >= 11 is 0. The van der Waals surface area contributed by atoms with Gasteiger partial charge in [-0.15, -0.1) is 0 Å². The van der Waals surface area contributed by atoms with Crippen molar-refractivity contribution in [1.82, 2.24) is 4.72 Å². The molecule has 6 heteroatoms. The molecule has 1 rings (SSSR count). The lowest BCUT2D eigenvalue weighted by atomic mass is 9.87. The van der Waals surface area contributed by atoms with Gasteiger partial charge in [-0.3, -0.25) is 4.79 Å². The normalized spacial score (nSPS) is 12.6. The molecule has 0 aliphatic heterocycles. The topological polar surface area (TPSA) is 76.4 Å². The molecule has 0 amide bonds. The molecule has 0 spiro atoms. The quantitative estimate of drug-likeness (QED) is 0.562. The number of aldehydes is 1. The Morgan fingerprint density at radius 3 is 2.55 bits per heavy atom. The Labute approximate surface area is 120 Å². The highest BCUT2D eigenvalue weighted by molar-refractivity contribution is 7.89. The molecular weight excluding hydrogens is 278 g/mol. The van der Waals surface area contributed by atoms with Gasteiger partial charge in [-0.25, -0.2) is 13.1 Å². The minimum atomic E-state index is -3.69. The Balaban J connectivity index is 2.60. The van der Waals surface area contributed by atoms with E-state index in [4.69, 9.17) is 4.42 Å². The molecule has 0 aliphatic carbocycles. The van der Waals surface area contributed by atoms with Crippen LogP contribution in [0.5, 0.6) is 0 Å². The fourth-order valence-corrected chi connectivity index (χ4v) is 3.02. The van der Waals surface area contributed by atoms with Gasteiger partial charge in [0.25, 0.3) is 10.0 Å². The van der Waals surface area contributed by atoms with Crippen LogP contribution < -0.4 is 4.72 Å². The van der Waals surface area contributed by atoms with E-state index in [9.17, 15) is 13.2 Å². The van der Waals surface area contributed by atoms with E-state index in [-0.39, 0.29) is 16.3 Å². The van der Waals surface area contributed by atoms with Crippen LogP contribution in [0, 0.1) is 5.41 Å². The Morgan fingerprint density at radius 2 is 2.00 bits per heavy atom. The second kappa shape index (κ2) is 7.04. The number of furan rings is 1. The predicted molar refractivity (Wildman–Crippen MR) is 77.2 cm³/mol. The minimum Gasteiger partial charge on any atom is -0.440 e. The van der Waals surface area contributed by atoms with Crippen molar-refractivity contribution >= 4 is 16.3 Å². The molecule has 1 aromatic rings. The van der Waals surface area contributed by atoms with E-state index in [1.807, 2.05) is 13.8 Å². The molecule has 0 aromatic carbocycles. The zero-order valence-electron chi connectivity index (χ0n) is 12.3. The number of nitrogens with one attached hydrogen (secondary N) is 1. The van der Waals surface area contributed by atoms with Gasteiger partial charge in [-0.2, -0.15) is 0 Å². The third kappa shape index (κ3) is 5.09. The fourth-order valence-electron chi connectivity index (χ4n) is 1.85. The standard InChI is InChI=1S/C14H23NO4S/c1-4-5-6-9-14(2,3)11-15-20(17,18)13-8-7-12(10-16)19-13/h7-8,10,15H,4-6,9,11H2,1-3H3. The van der Waals surface area contributed by atoms with E-state index in [1.54, 1.807) is 0 Å². The molecule has 20 heavy (non-hydrogen) atoms. The molecule has 0 aliphatic rings. The predicted octanol–water partition coefficient (Wildman–Crippen LogP) is 2.98. The smallest absolute Gasteiger partial charge is 0.273 e. The Bertz CT molecular complexity index is 531. The monoisotopic (exact) mass is 301 g/mol. The van der Waals surface area contributed by atoms with Crippen molar-refractivity contribution < 1.29 is 17.6 Å². The average Bonchev–Trinajstić information content (AvgIpc) is 2.86. The lowest BCUT2D eigenvalue weighted by Gasteiger charge is -2.24. The Kier molecular flexibility index (Phi) is 5.95. The summed E-state index contributed by atoms with van der Waals surface area (Å²) in [5, 5.41) is -0.219. The molecule has 0 bridgehead atoms. The maximum Gasteiger partial charge on any atom is 0.273 e. The molecule has 0 fully saturated rings. The molecule has 114 valence electrons. The highest BCUT2D eigenvalue weighted by Gasteiger charge is 2.24. The number of carbonyl (C=O) groups excluding carboxylic acids is 1. The van der Waals surface area contributed by atoms with E-state index >= 15 is 0 Å². The highest BCUT2D eigenvalue weighted by atomic mass is 32.2. The fraction of sp³-hybridized carbons (Fsp3) is 0.643. The molecule has 1 N–H and O–H groups in total. The summed E-state index contributed by atoms with van der Waals surface area (Å²) in [5.74, 6) is 0.00702. The van der Waals surface area contributed by atoms with Crippen molar-refractivity contribution in [2.45, 2.75) is 51.5 Å². The van der Waals surface area contributed by atoms with Crippen LogP contribution in [0.3, 0.4) is 0 Å². The van der Waals surface area contributed by atoms with Crippen LogP contribution in [0.1, 0.15) is 57.0 Å². The Morgan fingerprint density at radius 1 is 1.30 bits per heavy atom. The Hall–Kier alpha value is -1.14. The third-order valence-electron chi connectivity index (χ3n) is 3.18. The first kappa shape index (κ1) is 16.9. The van der Waals surface area contributed by atoms with Gasteiger partial charge in [0.2, 0.25) is 5.09 Å². The van der Waals surface area contributed by atoms with Crippen LogP contribution in [0.4, 0.5) is 0 Å². The lowest BCUT2D eigenvalue weighted by molar-refractivity contribution is 0.109. The van der Waals surface area contributed by atoms with Crippen molar-refractivity contribution in [3.05, 3.63) is 17.9 Å². The third-order valence-corrected chi connectivity index (χ3v) is 4.45. The summed E-state index contributed by atoms with van der Waals surface area (Å²) in [5.41, 5.74) is -0.109. The maximum absolute atomic E-state index is 12.0. The molecule has 1 heterocycles. The molecule has 5 nitrogen and oxygen atoms in total. The molecule has 0 atom stereocenters. The molecule has 1 aromatic heterocycles. The highest BCUT2D eigenvalue weighted by Crippen LogP contribution is 2.23. The van der Waals surface area contributed by atoms with Crippen molar-refractivity contribution in [2.24, 2.45) is 5.41 Å². The molecular formula is C14H23NO4S. The van der Waals surface area contributed by atoms with Crippen LogP contribution >= 0.6 is 0 Å². The average molecular weight is 301 g/mol. The summed E-state index contributed by atoms with van der Waals surface area (Å²) in [4.78, 5) is 10.5. The van der Waals surface area contributed by atoms with Crippen molar-refractivity contribution in [3.63, 3.8) is 0 Å². The largest absolute Gasteiger partial charge is 0.440 e. The van der Waals surface area contributed by atoms with Gasteiger partial charge in [-0.1, -0.05) is 40.0 Å². The van der Waals surface area contributed by atoms with E-state index in [0.29, 0.717) is 12.8 Å². The van der Waals surface area contributed by atoms with Gasteiger partial charge in [0.15, 0.2) is 12.0 Å². The molecule has 0 saturated heterocycles. The summed E-state index contributed by atoms with van der Waals surface area (Å²) in [6, 6.07) is 2.63. The number of hydrogen-bond acceptors (Lipinski definition) is 4. The van der Waals surface area contributed by atoms with Gasteiger partial charge in [0.05, 0.1) is 0 Å². The molecule has 0 unspecified atom stereocenters. The van der Waals surface area contributed by atoms with Crippen molar-refractivity contribution in [1.29, 1.82) is 0 Å². The van der Waals surface area contributed by atoms with Gasteiger partial charge in [0.1, 0.15) is 0 Å². The van der Waals surface area contributed by atoms with E-state index in [1.165, 1.54) is 12.1 Å². The zero-order valence-corrected chi connectivity index (χ0v) is 13.1. The molecule has 0 radical (unpaired) electrons. The van der Waals surface area contributed by atoms with Crippen molar-refractivity contribution in [2.75, 3.05) is 6.54 Å². The van der Waals surface area contributed by atoms with Crippen LogP contribution in [0.25, 0.3) is 0 Å². The van der Waals surface area contributed by atoms with Crippen LogP contribution in [0.2, 0.25) is 0 Å². The van der Waals surface area contributed by atoms with Gasteiger partial charge in [-0.05, 0) is 24.0 Å². The first-order chi connectivity index (χ1) is 9.30. The maximum atomic E-state index is 12.0. The van der Waals surface area contributed by atoms with Gasteiger partial charge < -0.3 is 4.42 Å². The second-order valence-electron chi connectivity index (χ2n) is 5.72. The molecule has 0 saturated carbocycles. The number of hydrogen-bond donors (Lipinski definition) is 1. The van der Waals surface area contributed by atoms with E-state index in [2.05, 4.69) is 11.6 Å². The summed E-state index contributed by atoms with van der Waals surface area (Å²) in [7, 11) is -3.69. The summed E-state index contributed by atoms with van der Waals surface area (Å²) in [6.07, 6.45) is 4.82. The second-order valence-corrected chi connectivity index (χ2v) is 7.42. The van der Waals surface area contributed by atoms with Crippen LogP contribution in [-0.4, -0.2) is 21.2 Å². The van der Waals surface area contributed by atoms with Crippen LogP contribution in [-0.2, 0) is 10.0 Å². The van der Waals surface area contributed by atoms with Gasteiger partial charge in [0, 0.05) is 6.54 Å². The minimum absolute atomic E-state index is 0.00702. The number of sulfonamides is 1. The van der Waals surface area contributed by atoms with Gasteiger partial charge >= 0.3 is 0 Å². The van der Waals surface area contributed by atoms with E-state index < -0.39 is 10.0 Å². The van der Waals surface area contributed by atoms with Crippen LogP contribution in [0.15, 0.2) is 21.6 Å². The summed E-state index contributed by atoms with van der Waals surface area (Å²) in [6.45, 7) is 6.54. The number of carbonyl (C=O) groups is 1. The summed E-state index contributed by atoms with van der Waals surface area (Å²) < 4.78 is 31.5. The first-order valence-electron chi connectivity index (χ1n) is 6.85. The van der Waals surface area contributed by atoms with E-state index in [0.717, 1.165) is 25.7 Å².